The number of benzene rings is 3. The molecule has 1 heterocycles. The second-order valence-electron chi connectivity index (χ2n) is 6.02. The summed E-state index contributed by atoms with van der Waals surface area (Å²) < 4.78 is 8.12. The Kier molecular flexibility index (Phi) is 5.89. The van der Waals surface area contributed by atoms with Gasteiger partial charge in [-0.2, -0.15) is 0 Å². The van der Waals surface area contributed by atoms with Gasteiger partial charge in [0, 0.05) is 10.5 Å². The summed E-state index contributed by atoms with van der Waals surface area (Å²) in [7, 11) is 0. The van der Waals surface area contributed by atoms with Crippen LogP contribution in [0.4, 0.5) is 0 Å². The number of thioether (sulfide) groups is 1. The van der Waals surface area contributed by atoms with Crippen molar-refractivity contribution < 1.29 is 9.53 Å². The summed E-state index contributed by atoms with van der Waals surface area (Å²) in [5, 5.41) is 0. The maximum Gasteiger partial charge on any atom is 0.200 e. The molecule has 1 aliphatic rings. The first kappa shape index (κ1) is 19.0. The molecule has 0 spiro atoms. The van der Waals surface area contributed by atoms with Crippen LogP contribution in [0.3, 0.4) is 0 Å². The molecule has 3 aromatic rings. The maximum absolute atomic E-state index is 12.6. The molecule has 0 unspecified atom stereocenters. The molecule has 5 heteroatoms. The van der Waals surface area contributed by atoms with Crippen molar-refractivity contribution in [1.29, 1.82) is 0 Å². The lowest BCUT2D eigenvalue weighted by atomic mass is 10.1. The van der Waals surface area contributed by atoms with Crippen LogP contribution in [0.5, 0.6) is 5.75 Å². The maximum atomic E-state index is 12.6. The fraction of sp³-hybridized carbons (Fsp3) is 0.0455. The molecule has 0 saturated heterocycles. The molecule has 0 N–H and O–H groups in total. The van der Waals surface area contributed by atoms with Crippen molar-refractivity contribution in [2.24, 2.45) is 0 Å². The lowest BCUT2D eigenvalue weighted by Gasteiger charge is -2.12. The highest BCUT2D eigenvalue weighted by Crippen LogP contribution is 2.41. The molecule has 0 aromatic heterocycles. The van der Waals surface area contributed by atoms with Gasteiger partial charge in [-0.1, -0.05) is 54.2 Å². The predicted octanol–water partition coefficient (Wildman–Crippen LogP) is 6.80. The first-order valence-electron chi connectivity index (χ1n) is 8.31. The minimum Gasteiger partial charge on any atom is -0.487 e. The summed E-state index contributed by atoms with van der Waals surface area (Å²) in [5.74, 6) is 0.987. The number of carbonyl (C=O) groups excluding carboxylic acids is 1. The highest BCUT2D eigenvalue weighted by molar-refractivity contribution is 14.1. The van der Waals surface area contributed by atoms with Crippen LogP contribution in [-0.4, -0.2) is 5.78 Å². The van der Waals surface area contributed by atoms with Crippen molar-refractivity contribution in [3.05, 3.63) is 95.5 Å². The van der Waals surface area contributed by atoms with Crippen LogP contribution in [0.2, 0.25) is 0 Å². The van der Waals surface area contributed by atoms with E-state index in [1.165, 1.54) is 11.8 Å². The smallest absolute Gasteiger partial charge is 0.200 e. The van der Waals surface area contributed by atoms with E-state index < -0.39 is 0 Å². The van der Waals surface area contributed by atoms with Crippen LogP contribution >= 0.6 is 56.9 Å². The van der Waals surface area contributed by atoms with Crippen molar-refractivity contribution in [2.45, 2.75) is 11.5 Å². The van der Waals surface area contributed by atoms with E-state index in [0.717, 1.165) is 39.4 Å². The third kappa shape index (κ3) is 4.25. The van der Waals surface area contributed by atoms with E-state index in [9.17, 15) is 4.79 Å². The SMILES string of the molecule is O=C1/C(=C/c2cc(I)c(OCc3ccccc3)c(I)c2)Sc2ccccc21. The Balaban J connectivity index is 1.56. The number of halogens is 2. The van der Waals surface area contributed by atoms with Crippen LogP contribution in [0, 0.1) is 7.14 Å². The summed E-state index contributed by atoms with van der Waals surface area (Å²) in [6, 6.07) is 22.0. The molecule has 0 bridgehead atoms. The average Bonchev–Trinajstić information content (AvgIpc) is 2.98. The van der Waals surface area contributed by atoms with Gasteiger partial charge in [-0.3, -0.25) is 4.79 Å². The second kappa shape index (κ2) is 8.36. The van der Waals surface area contributed by atoms with E-state index in [-0.39, 0.29) is 5.78 Å². The zero-order chi connectivity index (χ0) is 18.8. The van der Waals surface area contributed by atoms with Crippen LogP contribution in [0.25, 0.3) is 6.08 Å². The molecule has 0 saturated carbocycles. The summed E-state index contributed by atoms with van der Waals surface area (Å²) in [6.07, 6.45) is 1.97. The van der Waals surface area contributed by atoms with E-state index in [2.05, 4.69) is 69.4 Å². The Hall–Kier alpha value is -1.32. The Morgan fingerprint density at radius 1 is 0.926 bits per heavy atom. The first-order chi connectivity index (χ1) is 13.1. The van der Waals surface area contributed by atoms with Crippen LogP contribution in [0.1, 0.15) is 21.5 Å². The Bertz CT molecular complexity index is 1020. The highest BCUT2D eigenvalue weighted by atomic mass is 127. The zero-order valence-electron chi connectivity index (χ0n) is 14.1. The van der Waals surface area contributed by atoms with Crippen molar-refractivity contribution in [3.63, 3.8) is 0 Å². The zero-order valence-corrected chi connectivity index (χ0v) is 19.2. The van der Waals surface area contributed by atoms with Gasteiger partial charge in [-0.25, -0.2) is 0 Å². The summed E-state index contributed by atoms with van der Waals surface area (Å²) in [5.41, 5.74) is 2.95. The minimum absolute atomic E-state index is 0.102. The monoisotopic (exact) mass is 596 g/mol. The van der Waals surface area contributed by atoms with E-state index in [1.54, 1.807) is 0 Å². The van der Waals surface area contributed by atoms with Gasteiger partial charge in [-0.15, -0.1) is 0 Å². The van der Waals surface area contributed by atoms with Gasteiger partial charge >= 0.3 is 0 Å². The highest BCUT2D eigenvalue weighted by Gasteiger charge is 2.25. The number of fused-ring (bicyclic) bond motifs is 1. The molecule has 1 aliphatic heterocycles. The fourth-order valence-electron chi connectivity index (χ4n) is 2.82. The van der Waals surface area contributed by atoms with Crippen molar-refractivity contribution in [1.82, 2.24) is 0 Å². The Labute approximate surface area is 189 Å². The van der Waals surface area contributed by atoms with Crippen molar-refractivity contribution in [2.75, 3.05) is 0 Å². The van der Waals surface area contributed by atoms with Gasteiger partial charge in [0.1, 0.15) is 12.4 Å². The van der Waals surface area contributed by atoms with E-state index >= 15 is 0 Å². The molecule has 4 rings (SSSR count). The quantitative estimate of drug-likeness (QED) is 0.245. The van der Waals surface area contributed by atoms with Gasteiger partial charge in [0.2, 0.25) is 5.78 Å². The molecule has 27 heavy (non-hydrogen) atoms. The topological polar surface area (TPSA) is 26.3 Å². The third-order valence-corrected chi connectivity index (χ3v) is 6.82. The normalized spacial score (nSPS) is 14.4. The van der Waals surface area contributed by atoms with Gasteiger partial charge in [0.25, 0.3) is 0 Å². The van der Waals surface area contributed by atoms with Crippen LogP contribution < -0.4 is 4.74 Å². The second-order valence-corrected chi connectivity index (χ2v) is 9.43. The minimum atomic E-state index is 0.102. The summed E-state index contributed by atoms with van der Waals surface area (Å²) >= 11 is 6.13. The Morgan fingerprint density at radius 3 is 2.30 bits per heavy atom. The van der Waals surface area contributed by atoms with Gasteiger partial charge in [0.15, 0.2) is 0 Å². The van der Waals surface area contributed by atoms with Crippen LogP contribution in [-0.2, 0) is 6.61 Å². The van der Waals surface area contributed by atoms with E-state index in [1.807, 2.05) is 48.5 Å². The van der Waals surface area contributed by atoms with E-state index in [0.29, 0.717) is 6.61 Å². The standard InChI is InChI=1S/C22H14I2O2S/c23-17-10-15(12-20-21(25)16-8-4-5-9-19(16)27-20)11-18(24)22(17)26-13-14-6-2-1-3-7-14/h1-12H,13H2/b20-12-. The van der Waals surface area contributed by atoms with Crippen molar-refractivity contribution in [3.8, 4) is 5.75 Å². The van der Waals surface area contributed by atoms with Crippen molar-refractivity contribution >= 4 is 68.8 Å². The number of carbonyl (C=O) groups is 1. The van der Waals surface area contributed by atoms with Crippen LogP contribution in [0.15, 0.2) is 76.5 Å². The average molecular weight is 596 g/mol. The molecular formula is C22H14I2O2S. The number of rotatable bonds is 4. The largest absolute Gasteiger partial charge is 0.487 e. The molecule has 0 radical (unpaired) electrons. The molecular weight excluding hydrogens is 582 g/mol. The number of hydrogen-bond donors (Lipinski definition) is 0. The molecule has 0 aliphatic carbocycles. The molecule has 2 nitrogen and oxygen atoms in total. The summed E-state index contributed by atoms with van der Waals surface area (Å²) in [6.45, 7) is 0.539. The fourth-order valence-corrected chi connectivity index (χ4v) is 6.00. The number of ether oxygens (including phenoxy) is 1. The molecule has 3 aromatic carbocycles. The van der Waals surface area contributed by atoms with Gasteiger partial charge in [0.05, 0.1) is 12.0 Å². The molecule has 0 fully saturated rings. The lowest BCUT2D eigenvalue weighted by Crippen LogP contribution is -1.99. The first-order valence-corrected chi connectivity index (χ1v) is 11.3. The third-order valence-electron chi connectivity index (χ3n) is 4.12. The molecule has 0 atom stereocenters. The lowest BCUT2D eigenvalue weighted by molar-refractivity contribution is 0.104. The molecule has 0 amide bonds. The predicted molar refractivity (Wildman–Crippen MR) is 127 cm³/mol. The Morgan fingerprint density at radius 2 is 1.59 bits per heavy atom. The van der Waals surface area contributed by atoms with Gasteiger partial charge in [-0.05, 0) is 86.7 Å². The van der Waals surface area contributed by atoms with Gasteiger partial charge < -0.3 is 4.74 Å². The number of Topliss-reactive ketones (excluding diaryl/α,β-unsaturated/α-hetero) is 1. The number of allylic oxidation sites excluding steroid dienone is 1. The molecule has 134 valence electrons. The number of hydrogen-bond acceptors (Lipinski definition) is 3. The summed E-state index contributed by atoms with van der Waals surface area (Å²) in [4.78, 5) is 14.4. The van der Waals surface area contributed by atoms with E-state index in [4.69, 9.17) is 4.74 Å². The number of ketones is 1.